The van der Waals surface area contributed by atoms with Gasteiger partial charge in [0.15, 0.2) is 0 Å². The molecule has 0 spiro atoms. The maximum Gasteiger partial charge on any atom is -0.00204 e. The van der Waals surface area contributed by atoms with E-state index in [-0.39, 0.29) is 0 Å². The van der Waals surface area contributed by atoms with E-state index in [0.29, 0.717) is 0 Å². The normalized spacial score (nSPS) is 11.8. The summed E-state index contributed by atoms with van der Waals surface area (Å²) >= 11 is 0. The summed E-state index contributed by atoms with van der Waals surface area (Å²) in [6, 6.07) is 67.1. The lowest BCUT2D eigenvalue weighted by atomic mass is 9.85. The molecule has 0 saturated carbocycles. The average Bonchev–Trinajstić information content (AvgIpc) is 3.17. The van der Waals surface area contributed by atoms with Gasteiger partial charge in [0.2, 0.25) is 0 Å². The Bertz CT molecular complexity index is 2880. The minimum absolute atomic E-state index is 1.23. The van der Waals surface area contributed by atoms with Crippen LogP contribution >= 0.6 is 0 Å². The summed E-state index contributed by atoms with van der Waals surface area (Å²) in [5.74, 6) is 0. The first-order chi connectivity index (χ1) is 23.8. The van der Waals surface area contributed by atoms with Crippen molar-refractivity contribution in [2.75, 3.05) is 0 Å². The SMILES string of the molecule is c1ccc(-c2cc3c(cc(-c4cccc(-c5cc6ccccc6c6ccccc56)c4)c4c5ccccc5ccc34)c3ccccc23)cc1. The average molecular weight is 607 g/mol. The summed E-state index contributed by atoms with van der Waals surface area (Å²) in [5, 5.41) is 15.4. The predicted molar refractivity (Wildman–Crippen MR) is 208 cm³/mol. The molecule has 0 N–H and O–H groups in total. The molecule has 0 aliphatic rings. The van der Waals surface area contributed by atoms with E-state index in [2.05, 4.69) is 182 Å². The second kappa shape index (κ2) is 10.7. The topological polar surface area (TPSA) is 0 Å². The highest BCUT2D eigenvalue weighted by molar-refractivity contribution is 6.28. The molecular weight excluding hydrogens is 577 g/mol. The molecule has 48 heavy (non-hydrogen) atoms. The highest BCUT2D eigenvalue weighted by Gasteiger charge is 2.17. The molecule has 0 nitrogen and oxygen atoms in total. The zero-order chi connectivity index (χ0) is 31.6. The third-order valence-electron chi connectivity index (χ3n) is 10.2. The van der Waals surface area contributed by atoms with Crippen LogP contribution in [-0.2, 0) is 0 Å². The van der Waals surface area contributed by atoms with Crippen LogP contribution in [0.2, 0.25) is 0 Å². The molecule has 0 aromatic heterocycles. The van der Waals surface area contributed by atoms with Gasteiger partial charge in [-0.25, -0.2) is 0 Å². The molecule has 0 fully saturated rings. The largest absolute Gasteiger partial charge is 0.0622 e. The Balaban J connectivity index is 1.31. The van der Waals surface area contributed by atoms with Gasteiger partial charge >= 0.3 is 0 Å². The van der Waals surface area contributed by atoms with Gasteiger partial charge in [-0.3, -0.25) is 0 Å². The summed E-state index contributed by atoms with van der Waals surface area (Å²) in [6.07, 6.45) is 0. The van der Waals surface area contributed by atoms with Crippen molar-refractivity contribution in [1.82, 2.24) is 0 Å². The Labute approximate surface area is 279 Å². The molecular formula is C48H30. The van der Waals surface area contributed by atoms with E-state index >= 15 is 0 Å². The zero-order valence-electron chi connectivity index (χ0n) is 26.3. The quantitative estimate of drug-likeness (QED) is 0.176. The summed E-state index contributed by atoms with van der Waals surface area (Å²) in [7, 11) is 0. The van der Waals surface area contributed by atoms with Crippen molar-refractivity contribution in [2.45, 2.75) is 0 Å². The Hall–Kier alpha value is -6.24. The fourth-order valence-electron chi connectivity index (χ4n) is 8.01. The van der Waals surface area contributed by atoms with Crippen LogP contribution in [-0.4, -0.2) is 0 Å². The van der Waals surface area contributed by atoms with E-state index in [1.807, 2.05) is 0 Å². The molecule has 10 rings (SSSR count). The van der Waals surface area contributed by atoms with Crippen LogP contribution < -0.4 is 0 Å². The Morgan fingerprint density at radius 2 is 0.708 bits per heavy atom. The molecule has 0 bridgehead atoms. The van der Waals surface area contributed by atoms with Crippen molar-refractivity contribution in [1.29, 1.82) is 0 Å². The van der Waals surface area contributed by atoms with Crippen LogP contribution in [0.4, 0.5) is 0 Å². The Morgan fingerprint density at radius 3 is 1.46 bits per heavy atom. The molecule has 0 aliphatic carbocycles. The van der Waals surface area contributed by atoms with Gasteiger partial charge in [0.05, 0.1) is 0 Å². The van der Waals surface area contributed by atoms with Crippen molar-refractivity contribution >= 4 is 64.6 Å². The minimum Gasteiger partial charge on any atom is -0.0622 e. The van der Waals surface area contributed by atoms with Crippen molar-refractivity contribution < 1.29 is 0 Å². The number of rotatable bonds is 3. The molecule has 0 unspecified atom stereocenters. The second-order valence-electron chi connectivity index (χ2n) is 12.8. The lowest BCUT2D eigenvalue weighted by Crippen LogP contribution is -1.91. The summed E-state index contributed by atoms with van der Waals surface area (Å²) in [4.78, 5) is 0. The van der Waals surface area contributed by atoms with Gasteiger partial charge in [0.25, 0.3) is 0 Å². The molecule has 0 aliphatic heterocycles. The Morgan fingerprint density at radius 1 is 0.208 bits per heavy atom. The maximum atomic E-state index is 2.46. The lowest BCUT2D eigenvalue weighted by molar-refractivity contribution is 1.64. The smallest absolute Gasteiger partial charge is 0.00204 e. The molecule has 222 valence electrons. The molecule has 0 saturated heterocycles. The summed E-state index contributed by atoms with van der Waals surface area (Å²) in [5.41, 5.74) is 7.49. The van der Waals surface area contributed by atoms with Gasteiger partial charge in [0.1, 0.15) is 0 Å². The van der Waals surface area contributed by atoms with Gasteiger partial charge in [0, 0.05) is 0 Å². The van der Waals surface area contributed by atoms with E-state index in [0.717, 1.165) is 0 Å². The number of hydrogen-bond acceptors (Lipinski definition) is 0. The molecule has 0 heterocycles. The van der Waals surface area contributed by atoms with Crippen LogP contribution in [0.3, 0.4) is 0 Å². The third kappa shape index (κ3) is 4.10. The minimum atomic E-state index is 1.23. The van der Waals surface area contributed by atoms with E-state index in [4.69, 9.17) is 0 Å². The van der Waals surface area contributed by atoms with Gasteiger partial charge in [-0.2, -0.15) is 0 Å². The van der Waals surface area contributed by atoms with E-state index in [9.17, 15) is 0 Å². The van der Waals surface area contributed by atoms with Crippen molar-refractivity contribution in [3.63, 3.8) is 0 Å². The van der Waals surface area contributed by atoms with E-state index in [1.54, 1.807) is 0 Å². The second-order valence-corrected chi connectivity index (χ2v) is 12.8. The fraction of sp³-hybridized carbons (Fsp3) is 0. The van der Waals surface area contributed by atoms with Crippen LogP contribution in [0.5, 0.6) is 0 Å². The van der Waals surface area contributed by atoms with Crippen molar-refractivity contribution in [3.05, 3.63) is 182 Å². The number of fused-ring (bicyclic) bond motifs is 10. The Kier molecular flexibility index (Phi) is 5.98. The summed E-state index contributed by atoms with van der Waals surface area (Å²) in [6.45, 7) is 0. The van der Waals surface area contributed by atoms with Crippen molar-refractivity contribution in [2.24, 2.45) is 0 Å². The first-order valence-electron chi connectivity index (χ1n) is 16.7. The zero-order valence-corrected chi connectivity index (χ0v) is 26.3. The lowest BCUT2D eigenvalue weighted by Gasteiger charge is -2.18. The van der Waals surface area contributed by atoms with Crippen molar-refractivity contribution in [3.8, 4) is 33.4 Å². The van der Waals surface area contributed by atoms with E-state index in [1.165, 1.54) is 98.0 Å². The van der Waals surface area contributed by atoms with E-state index < -0.39 is 0 Å². The van der Waals surface area contributed by atoms with Crippen LogP contribution in [0.1, 0.15) is 0 Å². The van der Waals surface area contributed by atoms with Gasteiger partial charge < -0.3 is 0 Å². The molecule has 10 aromatic rings. The molecule has 0 heteroatoms. The predicted octanol–water partition coefficient (Wildman–Crippen LogP) is 13.6. The first-order valence-corrected chi connectivity index (χ1v) is 16.7. The first kappa shape index (κ1) is 26.9. The molecule has 0 atom stereocenters. The van der Waals surface area contributed by atoms with Gasteiger partial charge in [-0.15, -0.1) is 0 Å². The maximum absolute atomic E-state index is 2.46. The molecule has 0 radical (unpaired) electrons. The van der Waals surface area contributed by atoms with Crippen LogP contribution in [0.15, 0.2) is 182 Å². The van der Waals surface area contributed by atoms with Crippen LogP contribution in [0, 0.1) is 0 Å². The standard InChI is InChI=1S/C48H30/c1-2-13-31(14-3-1)44-29-47-42-26-25-32-15-4-7-20-37(32)48(42)45(30-46(47)41-24-11-10-23-40(41)44)34-18-12-17-33(27-34)43-28-35-16-5-6-19-36(35)38-21-8-9-22-39(38)43/h1-30H. The van der Waals surface area contributed by atoms with Gasteiger partial charge in [-0.05, 0) is 122 Å². The highest BCUT2D eigenvalue weighted by atomic mass is 14.2. The van der Waals surface area contributed by atoms with Gasteiger partial charge in [-0.1, -0.05) is 158 Å². The number of hydrogen-bond donors (Lipinski definition) is 0. The van der Waals surface area contributed by atoms with Crippen LogP contribution in [0.25, 0.3) is 98.0 Å². The molecule has 10 aromatic carbocycles. The number of benzene rings is 10. The molecule has 0 amide bonds. The fourth-order valence-corrected chi connectivity index (χ4v) is 8.01. The highest BCUT2D eigenvalue weighted by Crippen LogP contribution is 2.45. The monoisotopic (exact) mass is 606 g/mol. The summed E-state index contributed by atoms with van der Waals surface area (Å²) < 4.78 is 0. The third-order valence-corrected chi connectivity index (χ3v) is 10.2.